The van der Waals surface area contributed by atoms with Crippen molar-refractivity contribution in [3.05, 3.63) is 158 Å². The molecule has 0 saturated carbocycles. The maximum absolute atomic E-state index is 10.7. The van der Waals surface area contributed by atoms with E-state index < -0.39 is 7.81 Å². The van der Waals surface area contributed by atoms with Gasteiger partial charge < -0.3 is 0 Å². The van der Waals surface area contributed by atoms with Crippen LogP contribution in [0.4, 0.5) is 59.8 Å². The van der Waals surface area contributed by atoms with E-state index in [1.165, 1.54) is 0 Å². The van der Waals surface area contributed by atoms with Crippen LogP contribution in [0.3, 0.4) is 0 Å². The molecule has 4 heterocycles. The number of hydrogen-bond acceptors (Lipinski definition) is 6. The number of nitrogens with zero attached hydrogens (tertiary/aromatic N) is 6. The van der Waals surface area contributed by atoms with Gasteiger partial charge in [-0.2, -0.15) is 0 Å². The van der Waals surface area contributed by atoms with E-state index in [-0.39, 0.29) is 20.4 Å². The van der Waals surface area contributed by atoms with E-state index in [4.69, 9.17) is 0 Å². The monoisotopic (exact) mass is 826 g/mol. The van der Waals surface area contributed by atoms with Crippen molar-refractivity contribution in [2.24, 2.45) is 0 Å². The molecular formula is C32H26F6N6PRe-. The molecule has 6 aromatic rings. The van der Waals surface area contributed by atoms with Crippen LogP contribution in [0, 0.1) is 0 Å². The minimum atomic E-state index is -10.7. The van der Waals surface area contributed by atoms with Gasteiger partial charge in [-0.1, -0.05) is 60.7 Å². The average molecular weight is 826 g/mol. The van der Waals surface area contributed by atoms with E-state index in [2.05, 4.69) is 19.9 Å². The smallest absolute Gasteiger partial charge is 0.138 e. The second-order valence-electron chi connectivity index (χ2n) is 9.05. The second kappa shape index (κ2) is 15.1. The predicted octanol–water partition coefficient (Wildman–Crippen LogP) is 11.3. The van der Waals surface area contributed by atoms with Crippen molar-refractivity contribution in [3.8, 4) is 0 Å². The molecule has 0 N–H and O–H groups in total. The SMILES string of the molecule is F[P-](F)(F)(F)(F)F.[Re].c1ccc(N(c2ccccn2)c2ccccn2)cc1.c1ccc(N(c2ccccn2)c2ccccn2)cc1. The molecule has 46 heavy (non-hydrogen) atoms. The fourth-order valence-electron chi connectivity index (χ4n) is 3.86. The summed E-state index contributed by atoms with van der Waals surface area (Å²) >= 11 is 0. The van der Waals surface area contributed by atoms with Gasteiger partial charge in [-0.3, -0.25) is 9.80 Å². The molecule has 0 spiro atoms. The normalized spacial score (nSPS) is 11.9. The standard InChI is InChI=1S/2C16H13N3.F6P.Re/c2*1-2-8-14(9-3-1)19(15-10-4-6-12-17-15)16-11-5-7-13-18-16;1-7(2,3,4,5)6;/h2*1-13H;;/q;;-1;. The minimum Gasteiger partial charge on any atom is -0.279 e. The van der Waals surface area contributed by atoms with Crippen LogP contribution in [0.15, 0.2) is 158 Å². The minimum absolute atomic E-state index is 0. The zero-order chi connectivity index (χ0) is 32.2. The Morgan fingerprint density at radius 2 is 0.565 bits per heavy atom. The molecule has 0 aliphatic carbocycles. The van der Waals surface area contributed by atoms with E-state index in [1.54, 1.807) is 24.8 Å². The van der Waals surface area contributed by atoms with Crippen LogP contribution in [0.5, 0.6) is 0 Å². The third kappa shape index (κ3) is 12.7. The zero-order valence-electron chi connectivity index (χ0n) is 23.8. The van der Waals surface area contributed by atoms with Crippen molar-refractivity contribution in [1.29, 1.82) is 0 Å². The molecular weight excluding hydrogens is 800 g/mol. The van der Waals surface area contributed by atoms with Crippen LogP contribution in [-0.2, 0) is 20.4 Å². The number of aromatic nitrogens is 4. The van der Waals surface area contributed by atoms with Crippen LogP contribution in [0.25, 0.3) is 0 Å². The summed E-state index contributed by atoms with van der Waals surface area (Å²) in [6.45, 7) is 0. The number of anilines is 6. The summed E-state index contributed by atoms with van der Waals surface area (Å²) in [7, 11) is -10.7. The molecule has 4 aromatic heterocycles. The molecule has 14 heteroatoms. The molecule has 0 amide bonds. The molecule has 6 rings (SSSR count). The summed E-state index contributed by atoms with van der Waals surface area (Å²) in [5.74, 6) is 3.42. The van der Waals surface area contributed by atoms with Gasteiger partial charge in [-0.05, 0) is 72.8 Å². The van der Waals surface area contributed by atoms with Gasteiger partial charge in [0.05, 0.1) is 0 Å². The zero-order valence-corrected chi connectivity index (χ0v) is 27.4. The van der Waals surface area contributed by atoms with Crippen molar-refractivity contribution in [2.75, 3.05) is 9.80 Å². The van der Waals surface area contributed by atoms with Gasteiger partial charge in [-0.15, -0.1) is 0 Å². The Labute approximate surface area is 275 Å². The van der Waals surface area contributed by atoms with E-state index in [0.29, 0.717) is 0 Å². The molecule has 2 aromatic carbocycles. The van der Waals surface area contributed by atoms with Gasteiger partial charge >= 0.3 is 33.0 Å². The first-order valence-corrected chi connectivity index (χ1v) is 15.3. The quantitative estimate of drug-likeness (QED) is 0.123. The number of rotatable bonds is 6. The molecule has 0 aliphatic heterocycles. The Balaban J connectivity index is 0.000000205. The Bertz CT molecular complexity index is 1410. The number of halogens is 6. The summed E-state index contributed by atoms with van der Waals surface area (Å²) < 4.78 is 59.2. The van der Waals surface area contributed by atoms with E-state index in [1.807, 2.05) is 143 Å². The molecule has 6 nitrogen and oxygen atoms in total. The molecule has 239 valence electrons. The summed E-state index contributed by atoms with van der Waals surface area (Å²) in [4.78, 5) is 21.7. The van der Waals surface area contributed by atoms with Gasteiger partial charge in [0.25, 0.3) is 0 Å². The van der Waals surface area contributed by atoms with Crippen LogP contribution in [0.2, 0.25) is 0 Å². The van der Waals surface area contributed by atoms with E-state index in [0.717, 1.165) is 34.6 Å². The third-order valence-corrected chi connectivity index (χ3v) is 5.54. The van der Waals surface area contributed by atoms with Gasteiger partial charge in [0.1, 0.15) is 23.3 Å². The molecule has 0 aliphatic rings. The molecule has 0 saturated heterocycles. The van der Waals surface area contributed by atoms with Crippen LogP contribution >= 0.6 is 7.81 Å². The van der Waals surface area contributed by atoms with Crippen LogP contribution in [-0.4, -0.2) is 19.9 Å². The number of para-hydroxylation sites is 2. The molecule has 0 fully saturated rings. The maximum atomic E-state index is 9.87. The summed E-state index contributed by atoms with van der Waals surface area (Å²) in [6.07, 6.45) is 7.14. The largest absolute Gasteiger partial charge is 0.279 e. The first-order valence-electron chi connectivity index (χ1n) is 13.3. The Morgan fingerprint density at radius 1 is 0.348 bits per heavy atom. The van der Waals surface area contributed by atoms with Crippen LogP contribution < -0.4 is 9.80 Å². The van der Waals surface area contributed by atoms with Crippen molar-refractivity contribution in [1.82, 2.24) is 19.9 Å². The van der Waals surface area contributed by atoms with E-state index in [9.17, 15) is 25.2 Å². The molecule has 0 unspecified atom stereocenters. The Morgan fingerprint density at radius 3 is 0.761 bits per heavy atom. The van der Waals surface area contributed by atoms with Gasteiger partial charge in [0, 0.05) is 56.6 Å². The van der Waals surface area contributed by atoms with Crippen LogP contribution in [0.1, 0.15) is 0 Å². The summed E-state index contributed by atoms with van der Waals surface area (Å²) in [6, 6.07) is 43.6. The number of hydrogen-bond donors (Lipinski definition) is 0. The molecule has 1 radical (unpaired) electrons. The fraction of sp³-hybridized carbons (Fsp3) is 0. The average Bonchev–Trinajstić information content (AvgIpc) is 3.03. The third-order valence-electron chi connectivity index (χ3n) is 5.54. The van der Waals surface area contributed by atoms with Crippen molar-refractivity contribution >= 4 is 42.5 Å². The van der Waals surface area contributed by atoms with Gasteiger partial charge in [0.15, 0.2) is 0 Å². The topological polar surface area (TPSA) is 58.0 Å². The van der Waals surface area contributed by atoms with Crippen molar-refractivity contribution in [2.45, 2.75) is 0 Å². The Kier molecular flexibility index (Phi) is 11.7. The maximum Gasteiger partial charge on any atom is 0.138 e. The van der Waals surface area contributed by atoms with Crippen molar-refractivity contribution in [3.63, 3.8) is 0 Å². The predicted molar refractivity (Wildman–Crippen MR) is 167 cm³/mol. The first kappa shape index (κ1) is 35.8. The van der Waals surface area contributed by atoms with Gasteiger partial charge in [-0.25, -0.2) is 19.9 Å². The molecule has 0 atom stereocenters. The first-order chi connectivity index (χ1) is 21.3. The molecule has 0 bridgehead atoms. The number of benzene rings is 2. The van der Waals surface area contributed by atoms with Gasteiger partial charge in [0.2, 0.25) is 0 Å². The summed E-state index contributed by atoms with van der Waals surface area (Å²) in [5.41, 5.74) is 2.08. The number of pyridine rings is 4. The fourth-order valence-corrected chi connectivity index (χ4v) is 3.86. The van der Waals surface area contributed by atoms with Crippen molar-refractivity contribution < 1.29 is 45.6 Å². The Hall–Kier alpha value is -4.69. The summed E-state index contributed by atoms with van der Waals surface area (Å²) in [5, 5.41) is 0. The second-order valence-corrected chi connectivity index (χ2v) is 11.0. The van der Waals surface area contributed by atoms with E-state index >= 15 is 0 Å².